The summed E-state index contributed by atoms with van der Waals surface area (Å²) < 4.78 is 4.33. The molecule has 3 heterocycles. The van der Waals surface area contributed by atoms with Crippen LogP contribution in [0.5, 0.6) is 0 Å². The number of imidazole rings is 1. The van der Waals surface area contributed by atoms with Crippen LogP contribution in [-0.2, 0) is 25.4 Å². The molecule has 0 unspecified atom stereocenters. The lowest BCUT2D eigenvalue weighted by Gasteiger charge is -2.31. The number of hydrogen-bond donors (Lipinski definition) is 1. The van der Waals surface area contributed by atoms with Gasteiger partial charge in [-0.15, -0.1) is 0 Å². The van der Waals surface area contributed by atoms with Gasteiger partial charge in [0.05, 0.1) is 38.5 Å². The van der Waals surface area contributed by atoms with Crippen LogP contribution >= 0.6 is 11.8 Å². The summed E-state index contributed by atoms with van der Waals surface area (Å²) in [5.74, 6) is 0.375. The van der Waals surface area contributed by atoms with Gasteiger partial charge in [0.25, 0.3) is 5.56 Å². The molecule has 2 aromatic rings. The normalized spacial score (nSPS) is 15.5. The highest BCUT2D eigenvalue weighted by atomic mass is 32.2. The first-order chi connectivity index (χ1) is 13.4. The molecule has 1 amide bonds. The Morgan fingerprint density at radius 1 is 1.14 bits per heavy atom. The SMILES string of the molecule is CCCn1c(SCC(=O)N2CC[NH+](CC)CC2)nc2c1c(=O)n(C)c(=O)n2C. The molecule has 9 nitrogen and oxygen atoms in total. The van der Waals surface area contributed by atoms with E-state index in [0.29, 0.717) is 22.9 Å². The first kappa shape index (κ1) is 20.7. The number of hydrogen-bond acceptors (Lipinski definition) is 5. The lowest BCUT2D eigenvalue weighted by Crippen LogP contribution is -3.14. The molecule has 1 N–H and O–H groups in total. The van der Waals surface area contributed by atoms with Crippen molar-refractivity contribution in [2.24, 2.45) is 14.1 Å². The minimum atomic E-state index is -0.400. The molecule has 1 fully saturated rings. The van der Waals surface area contributed by atoms with Gasteiger partial charge >= 0.3 is 5.69 Å². The predicted molar refractivity (Wildman–Crippen MR) is 109 cm³/mol. The van der Waals surface area contributed by atoms with Gasteiger partial charge in [-0.05, 0) is 13.3 Å². The van der Waals surface area contributed by atoms with Crippen LogP contribution in [-0.4, -0.2) is 68.0 Å². The maximum atomic E-state index is 12.7. The van der Waals surface area contributed by atoms with E-state index in [1.807, 2.05) is 16.4 Å². The first-order valence-electron chi connectivity index (χ1n) is 9.79. The van der Waals surface area contributed by atoms with Crippen LogP contribution in [0.25, 0.3) is 11.2 Å². The zero-order chi connectivity index (χ0) is 20.4. The van der Waals surface area contributed by atoms with Gasteiger partial charge in [0.2, 0.25) is 5.91 Å². The fraction of sp³-hybridized carbons (Fsp3) is 0.667. The van der Waals surface area contributed by atoms with Crippen molar-refractivity contribution in [1.29, 1.82) is 0 Å². The quantitative estimate of drug-likeness (QED) is 0.599. The van der Waals surface area contributed by atoms with Crippen LogP contribution in [0.15, 0.2) is 14.7 Å². The van der Waals surface area contributed by atoms with E-state index in [4.69, 9.17) is 0 Å². The van der Waals surface area contributed by atoms with E-state index in [0.717, 1.165) is 43.7 Å². The van der Waals surface area contributed by atoms with Gasteiger partial charge in [-0.3, -0.25) is 18.7 Å². The van der Waals surface area contributed by atoms with Gasteiger partial charge in [0.1, 0.15) is 0 Å². The van der Waals surface area contributed by atoms with E-state index in [1.54, 1.807) is 7.05 Å². The van der Waals surface area contributed by atoms with E-state index in [9.17, 15) is 14.4 Å². The molecule has 0 saturated carbocycles. The molecule has 0 aromatic carbocycles. The second-order valence-corrected chi connectivity index (χ2v) is 8.14. The van der Waals surface area contributed by atoms with E-state index < -0.39 is 5.69 Å². The maximum absolute atomic E-state index is 12.7. The number of nitrogens with zero attached hydrogens (tertiary/aromatic N) is 5. The monoisotopic (exact) mass is 409 g/mol. The standard InChI is InChI=1S/C18H28N6O3S/c1-5-7-24-14-15(20(3)18(27)21(4)16(14)26)19-17(24)28-12-13(25)23-10-8-22(6-2)9-11-23/h5-12H2,1-4H3/p+1. The second-order valence-electron chi connectivity index (χ2n) is 7.20. The highest BCUT2D eigenvalue weighted by Crippen LogP contribution is 2.22. The summed E-state index contributed by atoms with van der Waals surface area (Å²) in [6.45, 7) is 9.42. The molecule has 0 bridgehead atoms. The molecule has 0 aliphatic carbocycles. The van der Waals surface area contributed by atoms with Crippen molar-refractivity contribution >= 4 is 28.8 Å². The molecule has 0 atom stereocenters. The number of quaternary nitrogens is 1. The minimum absolute atomic E-state index is 0.0945. The Kier molecular flexibility index (Phi) is 6.29. The number of fused-ring (bicyclic) bond motifs is 1. The van der Waals surface area contributed by atoms with Gasteiger partial charge < -0.3 is 14.4 Å². The Morgan fingerprint density at radius 3 is 2.43 bits per heavy atom. The number of aromatic nitrogens is 4. The molecule has 1 saturated heterocycles. The number of carbonyl (C=O) groups is 1. The van der Waals surface area contributed by atoms with Crippen molar-refractivity contribution < 1.29 is 9.69 Å². The number of thioether (sulfide) groups is 1. The number of amides is 1. The van der Waals surface area contributed by atoms with E-state index in [2.05, 4.69) is 11.9 Å². The molecule has 1 aliphatic rings. The van der Waals surface area contributed by atoms with Crippen molar-refractivity contribution in [2.45, 2.75) is 32.0 Å². The zero-order valence-corrected chi connectivity index (χ0v) is 17.8. The predicted octanol–water partition coefficient (Wildman–Crippen LogP) is -1.32. The van der Waals surface area contributed by atoms with Crippen LogP contribution in [0.3, 0.4) is 0 Å². The summed E-state index contributed by atoms with van der Waals surface area (Å²) in [4.78, 5) is 45.5. The number of likely N-dealkylation sites (N-methyl/N-ethyl adjacent to an activating group) is 1. The number of piperazine rings is 1. The number of carbonyl (C=O) groups excluding carboxylic acids is 1. The molecule has 28 heavy (non-hydrogen) atoms. The van der Waals surface area contributed by atoms with Gasteiger partial charge in [-0.25, -0.2) is 9.78 Å². The third-order valence-electron chi connectivity index (χ3n) is 5.41. The Balaban J connectivity index is 1.85. The van der Waals surface area contributed by atoms with Crippen molar-refractivity contribution in [3.63, 3.8) is 0 Å². The molecular weight excluding hydrogens is 380 g/mol. The molecular formula is C18H29N6O3S+. The minimum Gasteiger partial charge on any atom is -0.332 e. The van der Waals surface area contributed by atoms with E-state index in [-0.39, 0.29) is 17.2 Å². The third kappa shape index (κ3) is 3.75. The number of nitrogens with one attached hydrogen (secondary N) is 1. The highest BCUT2D eigenvalue weighted by molar-refractivity contribution is 7.99. The summed E-state index contributed by atoms with van der Waals surface area (Å²) in [5.41, 5.74) is 0.0386. The van der Waals surface area contributed by atoms with Gasteiger partial charge in [0.15, 0.2) is 16.3 Å². The molecule has 0 radical (unpaired) electrons. The topological polar surface area (TPSA) is 86.6 Å². The lowest BCUT2D eigenvalue weighted by molar-refractivity contribution is -0.902. The third-order valence-corrected chi connectivity index (χ3v) is 6.37. The Hall–Kier alpha value is -2.07. The molecule has 2 aromatic heterocycles. The largest absolute Gasteiger partial charge is 0.332 e. The number of rotatable bonds is 6. The van der Waals surface area contributed by atoms with E-state index >= 15 is 0 Å². The van der Waals surface area contributed by atoms with Crippen LogP contribution in [0.4, 0.5) is 0 Å². The fourth-order valence-corrected chi connectivity index (χ4v) is 4.54. The van der Waals surface area contributed by atoms with Gasteiger partial charge in [-0.2, -0.15) is 0 Å². The van der Waals surface area contributed by atoms with E-state index in [1.165, 1.54) is 28.3 Å². The Bertz CT molecular complexity index is 984. The van der Waals surface area contributed by atoms with Crippen molar-refractivity contribution in [3.05, 3.63) is 20.8 Å². The second kappa shape index (κ2) is 8.52. The lowest BCUT2D eigenvalue weighted by atomic mass is 10.3. The van der Waals surface area contributed by atoms with Gasteiger partial charge in [-0.1, -0.05) is 18.7 Å². The van der Waals surface area contributed by atoms with Crippen molar-refractivity contribution in [2.75, 3.05) is 38.5 Å². The summed E-state index contributed by atoms with van der Waals surface area (Å²) in [6.07, 6.45) is 0.820. The van der Waals surface area contributed by atoms with Crippen LogP contribution in [0, 0.1) is 0 Å². The maximum Gasteiger partial charge on any atom is 0.332 e. The highest BCUT2D eigenvalue weighted by Gasteiger charge is 2.24. The first-order valence-corrected chi connectivity index (χ1v) is 10.8. The summed E-state index contributed by atoms with van der Waals surface area (Å²) in [5, 5.41) is 0.612. The zero-order valence-electron chi connectivity index (χ0n) is 17.0. The van der Waals surface area contributed by atoms with Crippen molar-refractivity contribution in [3.8, 4) is 0 Å². The Morgan fingerprint density at radius 2 is 1.82 bits per heavy atom. The molecule has 1 aliphatic heterocycles. The Labute approximate surface area is 167 Å². The van der Waals surface area contributed by atoms with Crippen LogP contribution in [0.2, 0.25) is 0 Å². The number of aryl methyl sites for hydroxylation is 2. The fourth-order valence-electron chi connectivity index (χ4n) is 3.61. The van der Waals surface area contributed by atoms with Gasteiger partial charge in [0, 0.05) is 20.6 Å². The molecule has 3 rings (SSSR count). The molecule has 154 valence electrons. The van der Waals surface area contributed by atoms with Crippen LogP contribution in [0.1, 0.15) is 20.3 Å². The molecule has 10 heteroatoms. The summed E-state index contributed by atoms with van der Waals surface area (Å²) >= 11 is 1.34. The molecule has 0 spiro atoms. The smallest absolute Gasteiger partial charge is 0.332 e. The van der Waals surface area contributed by atoms with Crippen molar-refractivity contribution in [1.82, 2.24) is 23.6 Å². The summed E-state index contributed by atoms with van der Waals surface area (Å²) in [6, 6.07) is 0. The average molecular weight is 410 g/mol. The average Bonchev–Trinajstić information content (AvgIpc) is 3.07. The van der Waals surface area contributed by atoms with Crippen LogP contribution < -0.4 is 16.1 Å². The summed E-state index contributed by atoms with van der Waals surface area (Å²) in [7, 11) is 3.09.